The van der Waals surface area contributed by atoms with E-state index < -0.39 is 11.9 Å². The summed E-state index contributed by atoms with van der Waals surface area (Å²) in [6.45, 7) is 0. The van der Waals surface area contributed by atoms with Crippen molar-refractivity contribution < 1.29 is 19.8 Å². The average molecular weight is 426 g/mol. The molecule has 4 rings (SSSR count). The molecule has 3 N–H and O–H groups in total. The quantitative estimate of drug-likeness (QED) is 0.405. The molecule has 0 atom stereocenters. The monoisotopic (exact) mass is 425 g/mol. The second-order valence-corrected chi connectivity index (χ2v) is 7.39. The Bertz CT molecular complexity index is 1220. The van der Waals surface area contributed by atoms with Crippen LogP contribution in [0, 0.1) is 0 Å². The zero-order valence-electron chi connectivity index (χ0n) is 14.6. The number of nitrogens with zero attached hydrogens (tertiary/aromatic N) is 2. The third-order valence-corrected chi connectivity index (χ3v) is 5.35. The summed E-state index contributed by atoms with van der Waals surface area (Å²) in [5.74, 6) is -2.00. The number of halogens is 1. The summed E-state index contributed by atoms with van der Waals surface area (Å²) in [6, 6.07) is 11.2. The van der Waals surface area contributed by atoms with Crippen molar-refractivity contribution in [3.8, 4) is 11.1 Å². The minimum absolute atomic E-state index is 0.138. The number of hydrogen-bond acceptors (Lipinski definition) is 6. The van der Waals surface area contributed by atoms with E-state index in [0.29, 0.717) is 16.5 Å². The van der Waals surface area contributed by atoms with Crippen molar-refractivity contribution in [1.82, 2.24) is 9.97 Å². The van der Waals surface area contributed by atoms with Crippen LogP contribution < -0.4 is 5.32 Å². The molecule has 0 spiro atoms. The van der Waals surface area contributed by atoms with Crippen molar-refractivity contribution in [1.29, 1.82) is 0 Å². The number of carbonyl (C=O) groups is 2. The Balaban J connectivity index is 1.83. The van der Waals surface area contributed by atoms with Crippen molar-refractivity contribution in [3.63, 3.8) is 0 Å². The summed E-state index contributed by atoms with van der Waals surface area (Å²) < 4.78 is 0. The van der Waals surface area contributed by atoms with E-state index in [0.717, 1.165) is 27.4 Å². The minimum Gasteiger partial charge on any atom is -0.478 e. The summed E-state index contributed by atoms with van der Waals surface area (Å²) in [7, 11) is 0. The van der Waals surface area contributed by atoms with E-state index in [2.05, 4.69) is 15.3 Å². The molecule has 0 saturated carbocycles. The number of thiophene rings is 1. The van der Waals surface area contributed by atoms with Gasteiger partial charge in [-0.3, -0.25) is 0 Å². The normalized spacial score (nSPS) is 10.8. The average Bonchev–Trinajstić information content (AvgIpc) is 3.13. The Labute approximate surface area is 173 Å². The van der Waals surface area contributed by atoms with Gasteiger partial charge < -0.3 is 15.5 Å². The summed E-state index contributed by atoms with van der Waals surface area (Å²) in [5, 5.41) is 24.9. The molecule has 0 unspecified atom stereocenters. The molecular formula is C20H12ClN3O4S. The van der Waals surface area contributed by atoms with Crippen molar-refractivity contribution in [2.75, 3.05) is 5.32 Å². The van der Waals surface area contributed by atoms with E-state index in [-0.39, 0.29) is 11.1 Å². The SMILES string of the molecule is O=C(O)c1cc(Nc2ncnc3scc(-c4ccc(Cl)cc4)c23)cc(C(=O)O)c1. The molecular weight excluding hydrogens is 414 g/mol. The molecule has 0 saturated heterocycles. The third kappa shape index (κ3) is 3.75. The number of nitrogens with one attached hydrogen (secondary N) is 1. The maximum absolute atomic E-state index is 11.4. The predicted octanol–water partition coefficient (Wildman–Crippen LogP) is 5.15. The van der Waals surface area contributed by atoms with Crippen LogP contribution in [-0.4, -0.2) is 32.1 Å². The second-order valence-electron chi connectivity index (χ2n) is 6.09. The molecule has 0 bridgehead atoms. The fourth-order valence-electron chi connectivity index (χ4n) is 2.90. The highest BCUT2D eigenvalue weighted by Gasteiger charge is 2.16. The summed E-state index contributed by atoms with van der Waals surface area (Å²) in [6.07, 6.45) is 1.39. The predicted molar refractivity (Wildman–Crippen MR) is 112 cm³/mol. The Morgan fingerprint density at radius 3 is 2.24 bits per heavy atom. The van der Waals surface area contributed by atoms with E-state index in [1.807, 2.05) is 17.5 Å². The smallest absolute Gasteiger partial charge is 0.335 e. The fraction of sp³-hybridized carbons (Fsp3) is 0. The van der Waals surface area contributed by atoms with Gasteiger partial charge >= 0.3 is 11.9 Å². The topological polar surface area (TPSA) is 112 Å². The molecule has 2 aromatic heterocycles. The molecule has 0 aliphatic heterocycles. The first-order valence-electron chi connectivity index (χ1n) is 8.29. The molecule has 2 aromatic carbocycles. The van der Waals surface area contributed by atoms with Crippen molar-refractivity contribution in [3.05, 3.63) is 70.3 Å². The van der Waals surface area contributed by atoms with E-state index in [1.54, 1.807) is 12.1 Å². The largest absolute Gasteiger partial charge is 0.478 e. The molecule has 144 valence electrons. The third-order valence-electron chi connectivity index (χ3n) is 4.22. The summed E-state index contributed by atoms with van der Waals surface area (Å²) >= 11 is 7.42. The van der Waals surface area contributed by atoms with E-state index in [1.165, 1.54) is 29.8 Å². The summed E-state index contributed by atoms with van der Waals surface area (Å²) in [4.78, 5) is 32.0. The number of carboxylic acids is 2. The van der Waals surface area contributed by atoms with Crippen LogP contribution in [0.5, 0.6) is 0 Å². The van der Waals surface area contributed by atoms with Crippen LogP contribution in [0.2, 0.25) is 5.02 Å². The van der Waals surface area contributed by atoms with E-state index >= 15 is 0 Å². The fourth-order valence-corrected chi connectivity index (χ4v) is 3.94. The Morgan fingerprint density at radius 1 is 0.966 bits per heavy atom. The highest BCUT2D eigenvalue weighted by molar-refractivity contribution is 7.17. The van der Waals surface area contributed by atoms with Crippen LogP contribution in [0.25, 0.3) is 21.3 Å². The maximum atomic E-state index is 11.4. The van der Waals surface area contributed by atoms with E-state index in [9.17, 15) is 19.8 Å². The minimum atomic E-state index is -1.22. The van der Waals surface area contributed by atoms with Crippen molar-refractivity contribution in [2.24, 2.45) is 0 Å². The Kier molecular flexibility index (Phi) is 4.87. The van der Waals surface area contributed by atoms with Gasteiger partial charge in [-0.2, -0.15) is 0 Å². The molecule has 4 aromatic rings. The molecule has 0 radical (unpaired) electrons. The molecule has 0 aliphatic carbocycles. The molecule has 29 heavy (non-hydrogen) atoms. The van der Waals surface area contributed by atoms with Crippen LogP contribution in [0.4, 0.5) is 11.5 Å². The van der Waals surface area contributed by atoms with Crippen LogP contribution in [0.3, 0.4) is 0 Å². The molecule has 7 nitrogen and oxygen atoms in total. The standard InChI is InChI=1S/C20H12ClN3O4S/c21-13-3-1-10(2-4-13)15-8-29-18-16(15)17(22-9-23-18)24-14-6-11(19(25)26)5-12(7-14)20(27)28/h1-9H,(H,25,26)(H,27,28)(H,22,23,24). The molecule has 0 amide bonds. The van der Waals surface area contributed by atoms with Crippen LogP contribution in [0.1, 0.15) is 20.7 Å². The van der Waals surface area contributed by atoms with Crippen LogP contribution >= 0.6 is 22.9 Å². The van der Waals surface area contributed by atoms with Gasteiger partial charge in [0.2, 0.25) is 0 Å². The Hall–Kier alpha value is -3.49. The van der Waals surface area contributed by atoms with Gasteiger partial charge in [-0.15, -0.1) is 11.3 Å². The highest BCUT2D eigenvalue weighted by atomic mass is 35.5. The van der Waals surface area contributed by atoms with Crippen LogP contribution in [-0.2, 0) is 0 Å². The summed E-state index contributed by atoms with van der Waals surface area (Å²) in [5.41, 5.74) is 1.83. The number of hydrogen-bond donors (Lipinski definition) is 3. The van der Waals surface area contributed by atoms with Gasteiger partial charge in [-0.05, 0) is 35.9 Å². The van der Waals surface area contributed by atoms with Gasteiger partial charge in [0, 0.05) is 21.7 Å². The number of aromatic carboxylic acids is 2. The first-order chi connectivity index (χ1) is 13.9. The first kappa shape index (κ1) is 18.9. The number of fused-ring (bicyclic) bond motifs is 1. The van der Waals surface area contributed by atoms with Gasteiger partial charge in [-0.1, -0.05) is 23.7 Å². The molecule has 2 heterocycles. The van der Waals surface area contributed by atoms with Crippen molar-refractivity contribution in [2.45, 2.75) is 0 Å². The van der Waals surface area contributed by atoms with Gasteiger partial charge in [0.15, 0.2) is 0 Å². The zero-order valence-corrected chi connectivity index (χ0v) is 16.2. The number of anilines is 2. The van der Waals surface area contributed by atoms with Crippen molar-refractivity contribution >= 4 is 56.6 Å². The lowest BCUT2D eigenvalue weighted by Gasteiger charge is -2.10. The number of rotatable bonds is 5. The number of benzene rings is 2. The number of aromatic nitrogens is 2. The maximum Gasteiger partial charge on any atom is 0.335 e. The first-order valence-corrected chi connectivity index (χ1v) is 9.55. The lowest BCUT2D eigenvalue weighted by molar-refractivity contribution is 0.0696. The van der Waals surface area contributed by atoms with Gasteiger partial charge in [0.05, 0.1) is 16.5 Å². The lowest BCUT2D eigenvalue weighted by Crippen LogP contribution is -2.05. The lowest BCUT2D eigenvalue weighted by atomic mass is 10.1. The molecule has 9 heteroatoms. The molecule has 0 aliphatic rings. The molecule has 0 fully saturated rings. The highest BCUT2D eigenvalue weighted by Crippen LogP contribution is 2.37. The van der Waals surface area contributed by atoms with E-state index in [4.69, 9.17) is 11.6 Å². The van der Waals surface area contributed by atoms with Gasteiger partial charge in [0.1, 0.15) is 17.0 Å². The second kappa shape index (κ2) is 7.50. The van der Waals surface area contributed by atoms with Gasteiger partial charge in [-0.25, -0.2) is 19.6 Å². The number of carboxylic acid groups (broad SMARTS) is 2. The zero-order chi connectivity index (χ0) is 20.5. The van der Waals surface area contributed by atoms with Crippen LogP contribution in [0.15, 0.2) is 54.2 Å². The Morgan fingerprint density at radius 2 is 1.62 bits per heavy atom. The van der Waals surface area contributed by atoms with Gasteiger partial charge in [0.25, 0.3) is 0 Å².